The van der Waals surface area contributed by atoms with Crippen molar-refractivity contribution in [2.75, 3.05) is 13.7 Å². The third kappa shape index (κ3) is 4.84. The lowest BCUT2D eigenvalue weighted by atomic mass is 10.0. The largest absolute Gasteiger partial charge is 0.496 e. The fraction of sp³-hybridized carbons (Fsp3) is 0.600. The number of sulfonamides is 1. The molecule has 0 fully saturated rings. The van der Waals surface area contributed by atoms with Gasteiger partial charge >= 0.3 is 0 Å². The molecule has 3 N–H and O–H groups in total. The van der Waals surface area contributed by atoms with E-state index in [9.17, 15) is 8.42 Å². The molecule has 1 aromatic carbocycles. The van der Waals surface area contributed by atoms with E-state index in [0.29, 0.717) is 11.3 Å². The van der Waals surface area contributed by atoms with E-state index in [2.05, 4.69) is 4.72 Å². The number of methoxy groups -OCH3 is 1. The minimum Gasteiger partial charge on any atom is -0.496 e. The van der Waals surface area contributed by atoms with Crippen molar-refractivity contribution in [2.45, 2.75) is 51.0 Å². The molecule has 0 saturated carbocycles. The Morgan fingerprint density at radius 3 is 2.27 bits per heavy atom. The summed E-state index contributed by atoms with van der Waals surface area (Å²) in [5.41, 5.74) is 6.43. The normalized spacial score (nSPS) is 12.2. The van der Waals surface area contributed by atoms with Gasteiger partial charge in [0.25, 0.3) is 0 Å². The Balaban J connectivity index is 0.00000441. The van der Waals surface area contributed by atoms with Gasteiger partial charge in [-0.05, 0) is 49.9 Å². The Morgan fingerprint density at radius 2 is 1.86 bits per heavy atom. The molecule has 0 bridgehead atoms. The van der Waals surface area contributed by atoms with Gasteiger partial charge in [-0.15, -0.1) is 12.4 Å². The van der Waals surface area contributed by atoms with Crippen LogP contribution in [0.15, 0.2) is 17.0 Å². The van der Waals surface area contributed by atoms with E-state index in [1.54, 1.807) is 40.0 Å². The number of halogens is 1. The van der Waals surface area contributed by atoms with Crippen LogP contribution < -0.4 is 15.2 Å². The van der Waals surface area contributed by atoms with Crippen LogP contribution in [-0.2, 0) is 10.0 Å². The van der Waals surface area contributed by atoms with Crippen molar-refractivity contribution >= 4 is 22.4 Å². The van der Waals surface area contributed by atoms with Crippen LogP contribution in [0.5, 0.6) is 5.75 Å². The van der Waals surface area contributed by atoms with Gasteiger partial charge in [-0.3, -0.25) is 0 Å². The Kier molecular flexibility index (Phi) is 7.35. The first-order valence-corrected chi connectivity index (χ1v) is 8.45. The second-order valence-electron chi connectivity index (χ2n) is 6.21. The topological polar surface area (TPSA) is 81.4 Å². The molecule has 22 heavy (non-hydrogen) atoms. The molecular formula is C15H27ClN2O3S. The zero-order valence-corrected chi connectivity index (χ0v) is 15.7. The Hall–Kier alpha value is -0.820. The van der Waals surface area contributed by atoms with Crippen molar-refractivity contribution in [3.05, 3.63) is 23.3 Å². The average Bonchev–Trinajstić information content (AvgIpc) is 2.36. The predicted molar refractivity (Wildman–Crippen MR) is 92.5 cm³/mol. The van der Waals surface area contributed by atoms with Crippen molar-refractivity contribution in [3.63, 3.8) is 0 Å². The summed E-state index contributed by atoms with van der Waals surface area (Å²) in [7, 11) is -2.04. The lowest BCUT2D eigenvalue weighted by molar-refractivity contribution is 0.406. The third-order valence-electron chi connectivity index (χ3n) is 3.36. The molecule has 0 unspecified atom stereocenters. The molecule has 128 valence electrons. The molecule has 5 nitrogen and oxygen atoms in total. The molecule has 0 saturated heterocycles. The van der Waals surface area contributed by atoms with E-state index < -0.39 is 15.6 Å². The number of hydrogen-bond donors (Lipinski definition) is 2. The minimum absolute atomic E-state index is 0. The van der Waals surface area contributed by atoms with Crippen molar-refractivity contribution in [1.29, 1.82) is 0 Å². The number of hydrogen-bond acceptors (Lipinski definition) is 4. The first kappa shape index (κ1) is 21.2. The Bertz CT molecular complexity index is 613. The highest BCUT2D eigenvalue weighted by molar-refractivity contribution is 7.89. The lowest BCUT2D eigenvalue weighted by Gasteiger charge is -2.25. The molecule has 0 aliphatic heterocycles. The number of aryl methyl sites for hydroxylation is 1. The Morgan fingerprint density at radius 1 is 1.32 bits per heavy atom. The van der Waals surface area contributed by atoms with Crippen molar-refractivity contribution < 1.29 is 13.2 Å². The van der Waals surface area contributed by atoms with Crippen molar-refractivity contribution in [1.82, 2.24) is 4.72 Å². The van der Waals surface area contributed by atoms with E-state index in [1.165, 1.54) is 0 Å². The summed E-state index contributed by atoms with van der Waals surface area (Å²) in [5.74, 6) is 0.872. The second kappa shape index (κ2) is 7.64. The monoisotopic (exact) mass is 350 g/mol. The first-order valence-electron chi connectivity index (χ1n) is 6.96. The van der Waals surface area contributed by atoms with E-state index >= 15 is 0 Å². The lowest BCUT2D eigenvalue weighted by Crippen LogP contribution is -2.48. The van der Waals surface area contributed by atoms with Gasteiger partial charge in [0, 0.05) is 12.1 Å². The third-order valence-corrected chi connectivity index (χ3v) is 5.20. The average molecular weight is 351 g/mol. The summed E-state index contributed by atoms with van der Waals surface area (Å²) in [4.78, 5) is 0.272. The predicted octanol–water partition coefficient (Wildman–Crippen LogP) is 2.56. The highest BCUT2D eigenvalue weighted by atomic mass is 35.5. The highest BCUT2D eigenvalue weighted by Crippen LogP contribution is 2.31. The van der Waals surface area contributed by atoms with Gasteiger partial charge in [0.15, 0.2) is 0 Å². The van der Waals surface area contributed by atoms with Gasteiger partial charge in [0.05, 0.1) is 12.0 Å². The van der Waals surface area contributed by atoms with Crippen LogP contribution in [0.3, 0.4) is 0 Å². The van der Waals surface area contributed by atoms with Gasteiger partial charge in [0.2, 0.25) is 10.0 Å². The zero-order chi connectivity index (χ0) is 16.4. The van der Waals surface area contributed by atoms with Crippen molar-refractivity contribution in [3.8, 4) is 5.75 Å². The zero-order valence-electron chi connectivity index (χ0n) is 14.1. The van der Waals surface area contributed by atoms with E-state index in [0.717, 1.165) is 5.56 Å². The quantitative estimate of drug-likeness (QED) is 0.826. The summed E-state index contributed by atoms with van der Waals surface area (Å²) < 4.78 is 33.2. The number of nitrogens with two attached hydrogens (primary N) is 1. The van der Waals surface area contributed by atoms with Crippen LogP contribution in [0, 0.1) is 6.92 Å². The molecule has 1 aromatic rings. The molecule has 0 aliphatic rings. The standard InChI is InChI=1S/C15H26N2O3S.ClH/c1-10(2)12-8-14(11(3)7-13(12)20-6)21(18,19)17-15(4,5)9-16;/h7-8,10,17H,9,16H2,1-6H3;1H. The van der Waals surface area contributed by atoms with E-state index in [-0.39, 0.29) is 29.8 Å². The van der Waals surface area contributed by atoms with Gasteiger partial charge in [-0.1, -0.05) is 13.8 Å². The summed E-state index contributed by atoms with van der Waals surface area (Å²) in [6.45, 7) is 9.50. The first-order chi connectivity index (χ1) is 9.54. The molecule has 0 aliphatic carbocycles. The molecule has 1 rings (SSSR count). The smallest absolute Gasteiger partial charge is 0.241 e. The second-order valence-corrected chi connectivity index (χ2v) is 7.86. The van der Waals surface area contributed by atoms with Gasteiger partial charge in [-0.25, -0.2) is 13.1 Å². The summed E-state index contributed by atoms with van der Waals surface area (Å²) in [5, 5.41) is 0. The molecular weight excluding hydrogens is 324 g/mol. The molecule has 0 spiro atoms. The van der Waals surface area contributed by atoms with Crippen LogP contribution in [0.4, 0.5) is 0 Å². The molecule has 0 amide bonds. The summed E-state index contributed by atoms with van der Waals surface area (Å²) >= 11 is 0. The number of rotatable bonds is 6. The van der Waals surface area contributed by atoms with Crippen LogP contribution in [-0.4, -0.2) is 27.6 Å². The van der Waals surface area contributed by atoms with E-state index in [1.807, 2.05) is 13.8 Å². The number of benzene rings is 1. The van der Waals surface area contributed by atoms with Crippen LogP contribution >= 0.6 is 12.4 Å². The minimum atomic E-state index is -3.63. The fourth-order valence-corrected chi connectivity index (χ4v) is 3.74. The van der Waals surface area contributed by atoms with Gasteiger partial charge in [-0.2, -0.15) is 0 Å². The number of nitrogens with one attached hydrogen (secondary N) is 1. The van der Waals surface area contributed by atoms with E-state index in [4.69, 9.17) is 10.5 Å². The fourth-order valence-electron chi connectivity index (χ4n) is 2.06. The molecule has 0 heterocycles. The van der Waals surface area contributed by atoms with Crippen LogP contribution in [0.2, 0.25) is 0 Å². The molecule has 7 heteroatoms. The molecule has 0 aromatic heterocycles. The SMILES string of the molecule is COc1cc(C)c(S(=O)(=O)NC(C)(C)CN)cc1C(C)C.Cl. The maximum Gasteiger partial charge on any atom is 0.241 e. The molecule has 0 radical (unpaired) electrons. The summed E-state index contributed by atoms with van der Waals surface area (Å²) in [6.07, 6.45) is 0. The number of ether oxygens (including phenoxy) is 1. The molecule has 0 atom stereocenters. The maximum atomic E-state index is 12.6. The van der Waals surface area contributed by atoms with Gasteiger partial charge in [0.1, 0.15) is 5.75 Å². The van der Waals surface area contributed by atoms with Crippen LogP contribution in [0.1, 0.15) is 44.7 Å². The summed E-state index contributed by atoms with van der Waals surface area (Å²) in [6, 6.07) is 3.45. The maximum absolute atomic E-state index is 12.6. The van der Waals surface area contributed by atoms with Crippen LogP contribution in [0.25, 0.3) is 0 Å². The Labute approximate surface area is 140 Å². The van der Waals surface area contributed by atoms with Gasteiger partial charge < -0.3 is 10.5 Å². The van der Waals surface area contributed by atoms with Crippen molar-refractivity contribution in [2.24, 2.45) is 5.73 Å². The highest BCUT2D eigenvalue weighted by Gasteiger charge is 2.27.